The van der Waals surface area contributed by atoms with Crippen molar-refractivity contribution in [2.45, 2.75) is 4.90 Å². The zero-order chi connectivity index (χ0) is 23.5. The van der Waals surface area contributed by atoms with Crippen LogP contribution in [0.5, 0.6) is 0 Å². The van der Waals surface area contributed by atoms with Gasteiger partial charge in [0.25, 0.3) is 27.3 Å². The fourth-order valence-corrected chi connectivity index (χ4v) is 3.95. The summed E-state index contributed by atoms with van der Waals surface area (Å²) in [5, 5.41) is 24.3. The van der Waals surface area contributed by atoms with E-state index < -0.39 is 25.8 Å². The molecular formula is C19H13ClN4O7S. The number of nitro benzene ring substituents is 2. The molecule has 0 atom stereocenters. The van der Waals surface area contributed by atoms with Crippen LogP contribution in [0.3, 0.4) is 0 Å². The van der Waals surface area contributed by atoms with Gasteiger partial charge in [-0.05, 0) is 30.3 Å². The van der Waals surface area contributed by atoms with Crippen LogP contribution in [0, 0.1) is 20.2 Å². The van der Waals surface area contributed by atoms with Gasteiger partial charge in [0.15, 0.2) is 0 Å². The van der Waals surface area contributed by atoms with Crippen molar-refractivity contribution in [1.82, 2.24) is 0 Å². The van der Waals surface area contributed by atoms with Crippen molar-refractivity contribution < 1.29 is 23.1 Å². The number of benzene rings is 3. The van der Waals surface area contributed by atoms with Crippen LogP contribution in [-0.4, -0.2) is 24.2 Å². The molecule has 3 aromatic carbocycles. The molecule has 0 aliphatic rings. The number of halogens is 1. The van der Waals surface area contributed by atoms with Crippen molar-refractivity contribution in [2.24, 2.45) is 0 Å². The maximum Gasteiger partial charge on any atom is 0.292 e. The Balaban J connectivity index is 1.91. The second kappa shape index (κ2) is 8.99. The summed E-state index contributed by atoms with van der Waals surface area (Å²) >= 11 is 6.04. The minimum atomic E-state index is -4.24. The summed E-state index contributed by atoms with van der Waals surface area (Å²) in [5.74, 6) is -0.864. The van der Waals surface area contributed by atoms with Crippen LogP contribution in [0.1, 0.15) is 10.4 Å². The largest absolute Gasteiger partial charge is 0.316 e. The van der Waals surface area contributed by atoms with Crippen molar-refractivity contribution >= 4 is 50.3 Å². The molecule has 0 spiro atoms. The number of anilines is 2. The first kappa shape index (κ1) is 22.7. The van der Waals surface area contributed by atoms with Gasteiger partial charge in [0, 0.05) is 18.2 Å². The van der Waals surface area contributed by atoms with E-state index in [0.717, 1.165) is 18.2 Å². The number of carbonyl (C=O) groups excluding carboxylic acids is 1. The summed E-state index contributed by atoms with van der Waals surface area (Å²) in [6, 6.07) is 13.6. The van der Waals surface area contributed by atoms with Crippen molar-refractivity contribution in [3.63, 3.8) is 0 Å². The monoisotopic (exact) mass is 476 g/mol. The number of nitrogens with one attached hydrogen (secondary N) is 2. The molecule has 0 unspecified atom stereocenters. The lowest BCUT2D eigenvalue weighted by Crippen LogP contribution is -2.17. The van der Waals surface area contributed by atoms with Crippen LogP contribution in [0.2, 0.25) is 5.02 Å². The number of non-ortho nitro benzene ring substituents is 1. The molecular weight excluding hydrogens is 464 g/mol. The van der Waals surface area contributed by atoms with Crippen LogP contribution in [0.4, 0.5) is 22.7 Å². The molecule has 0 saturated carbocycles. The van der Waals surface area contributed by atoms with E-state index in [1.165, 1.54) is 48.5 Å². The first-order valence-corrected chi connectivity index (χ1v) is 10.6. The van der Waals surface area contributed by atoms with E-state index >= 15 is 0 Å². The van der Waals surface area contributed by atoms with Gasteiger partial charge >= 0.3 is 0 Å². The molecule has 11 nitrogen and oxygen atoms in total. The van der Waals surface area contributed by atoms with Gasteiger partial charge in [-0.15, -0.1) is 0 Å². The van der Waals surface area contributed by atoms with Crippen LogP contribution < -0.4 is 10.0 Å². The van der Waals surface area contributed by atoms with Crippen LogP contribution in [0.25, 0.3) is 0 Å². The third-order valence-electron chi connectivity index (χ3n) is 4.15. The average molecular weight is 477 g/mol. The summed E-state index contributed by atoms with van der Waals surface area (Å²) in [5.41, 5.74) is -1.06. The van der Waals surface area contributed by atoms with Crippen LogP contribution in [0.15, 0.2) is 71.6 Å². The minimum Gasteiger partial charge on any atom is -0.316 e. The lowest BCUT2D eigenvalue weighted by Gasteiger charge is -2.11. The first-order valence-electron chi connectivity index (χ1n) is 8.70. The van der Waals surface area contributed by atoms with E-state index in [1.807, 2.05) is 0 Å². The molecule has 0 aliphatic carbocycles. The summed E-state index contributed by atoms with van der Waals surface area (Å²) in [6.45, 7) is 0. The highest BCUT2D eigenvalue weighted by Crippen LogP contribution is 2.27. The molecule has 13 heteroatoms. The quantitative estimate of drug-likeness (QED) is 0.381. The third-order valence-corrected chi connectivity index (χ3v) is 5.86. The standard InChI is InChI=1S/C19H13ClN4O7S/c20-16-9-8-14(32(30,31)22-12-4-3-5-13(10-12)23(26)27)11-15(16)19(25)21-17-6-1-2-7-18(17)24(28)29/h1-11,22H,(H,21,25). The summed E-state index contributed by atoms with van der Waals surface area (Å²) < 4.78 is 27.6. The number of sulfonamides is 1. The summed E-state index contributed by atoms with van der Waals surface area (Å²) in [4.78, 5) is 33.0. The molecule has 0 aromatic heterocycles. The van der Waals surface area contributed by atoms with Gasteiger partial charge in [0.2, 0.25) is 0 Å². The Morgan fingerprint density at radius 1 is 0.906 bits per heavy atom. The fraction of sp³-hybridized carbons (Fsp3) is 0. The predicted molar refractivity (Wildman–Crippen MR) is 116 cm³/mol. The Hall–Kier alpha value is -4.03. The van der Waals surface area contributed by atoms with Crippen molar-refractivity contribution in [1.29, 1.82) is 0 Å². The van der Waals surface area contributed by atoms with E-state index in [0.29, 0.717) is 0 Å². The number of nitrogens with zero attached hydrogens (tertiary/aromatic N) is 2. The van der Waals surface area contributed by atoms with Gasteiger partial charge < -0.3 is 5.32 Å². The van der Waals surface area contributed by atoms with Crippen molar-refractivity contribution in [2.75, 3.05) is 10.0 Å². The smallest absolute Gasteiger partial charge is 0.292 e. The highest BCUT2D eigenvalue weighted by Gasteiger charge is 2.22. The molecule has 0 radical (unpaired) electrons. The van der Waals surface area contributed by atoms with Gasteiger partial charge in [-0.1, -0.05) is 29.8 Å². The Morgan fingerprint density at radius 2 is 1.62 bits per heavy atom. The minimum absolute atomic E-state index is 0.0555. The highest BCUT2D eigenvalue weighted by atomic mass is 35.5. The Morgan fingerprint density at radius 3 is 2.31 bits per heavy atom. The van der Waals surface area contributed by atoms with E-state index in [-0.39, 0.29) is 38.2 Å². The maximum absolute atomic E-state index is 12.7. The Kier molecular flexibility index (Phi) is 6.37. The number of carbonyl (C=O) groups is 1. The molecule has 0 fully saturated rings. The second-order valence-corrected chi connectivity index (χ2v) is 8.37. The molecule has 2 N–H and O–H groups in total. The summed E-state index contributed by atoms with van der Waals surface area (Å²) in [7, 11) is -4.24. The zero-order valence-electron chi connectivity index (χ0n) is 15.9. The van der Waals surface area contributed by atoms with E-state index in [9.17, 15) is 33.4 Å². The molecule has 0 aliphatic heterocycles. The number of hydrogen-bond acceptors (Lipinski definition) is 7. The average Bonchev–Trinajstić information content (AvgIpc) is 2.74. The van der Waals surface area contributed by atoms with Gasteiger partial charge in [-0.25, -0.2) is 8.42 Å². The number of nitro groups is 2. The third kappa shape index (κ3) is 4.99. The van der Waals surface area contributed by atoms with E-state index in [1.54, 1.807) is 0 Å². The molecule has 0 bridgehead atoms. The highest BCUT2D eigenvalue weighted by molar-refractivity contribution is 7.92. The van der Waals surface area contributed by atoms with Crippen molar-refractivity contribution in [3.05, 3.63) is 97.5 Å². The molecule has 3 aromatic rings. The van der Waals surface area contributed by atoms with E-state index in [2.05, 4.69) is 10.0 Å². The Bertz CT molecular complexity index is 1350. The Labute approximate surface area is 186 Å². The van der Waals surface area contributed by atoms with E-state index in [4.69, 9.17) is 11.6 Å². The van der Waals surface area contributed by atoms with Crippen molar-refractivity contribution in [3.8, 4) is 0 Å². The SMILES string of the molecule is O=C(Nc1ccccc1[N+](=O)[O-])c1cc(S(=O)(=O)Nc2cccc([N+](=O)[O-])c2)ccc1Cl. The summed E-state index contributed by atoms with van der Waals surface area (Å²) in [6.07, 6.45) is 0. The lowest BCUT2D eigenvalue weighted by atomic mass is 10.2. The number of amides is 1. The topological polar surface area (TPSA) is 162 Å². The van der Waals surface area contributed by atoms with Crippen LogP contribution >= 0.6 is 11.6 Å². The zero-order valence-corrected chi connectivity index (χ0v) is 17.5. The maximum atomic E-state index is 12.7. The fourth-order valence-electron chi connectivity index (χ4n) is 2.67. The lowest BCUT2D eigenvalue weighted by molar-refractivity contribution is -0.384. The molecule has 164 valence electrons. The molecule has 1 amide bonds. The molecule has 0 saturated heterocycles. The predicted octanol–water partition coefficient (Wildman–Crippen LogP) is 4.21. The van der Waals surface area contributed by atoms with Gasteiger partial charge in [-0.2, -0.15) is 0 Å². The first-order chi connectivity index (χ1) is 15.1. The number of rotatable bonds is 7. The molecule has 0 heterocycles. The normalized spacial score (nSPS) is 10.9. The number of para-hydroxylation sites is 2. The van der Waals surface area contributed by atoms with Gasteiger partial charge in [0.1, 0.15) is 5.69 Å². The van der Waals surface area contributed by atoms with Crippen LogP contribution in [-0.2, 0) is 10.0 Å². The molecule has 32 heavy (non-hydrogen) atoms. The second-order valence-electron chi connectivity index (χ2n) is 6.28. The van der Waals surface area contributed by atoms with Gasteiger partial charge in [-0.3, -0.25) is 29.7 Å². The molecule has 3 rings (SSSR count). The number of hydrogen-bond donors (Lipinski definition) is 2. The van der Waals surface area contributed by atoms with Gasteiger partial charge in [0.05, 0.1) is 31.0 Å².